The maximum atomic E-state index is 11.8. The number of rotatable bonds is 21. The van der Waals surface area contributed by atoms with Crippen LogP contribution in [0.2, 0.25) is 0 Å². The van der Waals surface area contributed by atoms with Crippen molar-refractivity contribution in [2.24, 2.45) is 23.5 Å². The Kier molecular flexibility index (Phi) is 26.0. The van der Waals surface area contributed by atoms with Crippen molar-refractivity contribution in [1.29, 1.82) is 0 Å². The third-order valence-corrected chi connectivity index (χ3v) is 13.3. The average molecular weight is 1120 g/mol. The summed E-state index contributed by atoms with van der Waals surface area (Å²) in [6.45, 7) is 13.0. The van der Waals surface area contributed by atoms with E-state index in [1.54, 1.807) is 55.1 Å². The van der Waals surface area contributed by atoms with Gasteiger partial charge in [0.1, 0.15) is 40.0 Å². The lowest BCUT2D eigenvalue weighted by atomic mass is 9.98. The number of aryl methyl sites for hydroxylation is 4. The van der Waals surface area contributed by atoms with Crippen molar-refractivity contribution in [1.82, 2.24) is 69.8 Å². The molecule has 0 spiro atoms. The molecule has 0 radical (unpaired) electrons. The van der Waals surface area contributed by atoms with E-state index in [0.29, 0.717) is 30.0 Å². The maximum Gasteiger partial charge on any atom is 0.306 e. The van der Waals surface area contributed by atoms with Crippen molar-refractivity contribution in [2.45, 2.75) is 116 Å². The van der Waals surface area contributed by atoms with Crippen LogP contribution in [-0.2, 0) is 35.2 Å². The lowest BCUT2D eigenvalue weighted by Crippen LogP contribution is -2.24. The molecule has 19 heteroatoms. The topological polar surface area (TPSA) is 259 Å². The van der Waals surface area contributed by atoms with Gasteiger partial charge in [-0.25, -0.2) is 19.9 Å². The van der Waals surface area contributed by atoms with E-state index in [-0.39, 0.29) is 5.97 Å². The van der Waals surface area contributed by atoms with E-state index in [2.05, 4.69) is 90.5 Å². The van der Waals surface area contributed by atoms with Crippen LogP contribution in [0.3, 0.4) is 0 Å². The molecular weight excluding hydrogens is 1040 g/mol. The van der Waals surface area contributed by atoms with E-state index >= 15 is 0 Å². The minimum atomic E-state index is -0.411. The van der Waals surface area contributed by atoms with Crippen LogP contribution in [0.1, 0.15) is 103 Å². The number of carbonyl (C=O) groups excluding carboxylic acids is 1. The van der Waals surface area contributed by atoms with Crippen molar-refractivity contribution in [2.75, 3.05) is 18.5 Å². The second-order valence-electron chi connectivity index (χ2n) is 20.7. The minimum Gasteiger partial charge on any atom is -0.460 e. The molecule has 426 valence electrons. The van der Waals surface area contributed by atoms with Crippen LogP contribution in [0.4, 0.5) is 5.82 Å². The van der Waals surface area contributed by atoms with Gasteiger partial charge in [-0.2, -0.15) is 0 Å². The molecule has 9 rings (SSSR count). The Balaban J connectivity index is 0.000000181. The summed E-state index contributed by atoms with van der Waals surface area (Å²) in [6.07, 6.45) is 35.9. The standard InChI is InChI=1S/C20H23N5S.C20H27N3O2.C14H18N4.C9H8N4/c1-15(7-9-20-24-12-17(26-2)13-25-20)6-8-16-11-23-19(14-22-16)18-5-3-4-10-21-18;1-15(9-11-19(24)25-20(2,3)4)8-10-16-13-23-18(14-22-16)17-7-5-6-12-21-17;1-11(8-15)5-6-12-9-18-14(10-17-12)13-4-2-3-7-16-13;10-9-6-12-8(5-13-9)7-3-1-2-4-11-7/h3-5,10-15H,6-9H2,1-2H3;5-7,12-15H,8-11H2,1-4H3;2-4,7,9-11H,5-6,8,15H2,1H3;1-6H,(H2,10,13). The molecule has 0 fully saturated rings. The summed E-state index contributed by atoms with van der Waals surface area (Å²) < 4.78 is 5.34. The van der Waals surface area contributed by atoms with Crippen molar-refractivity contribution in [3.8, 4) is 45.6 Å². The van der Waals surface area contributed by atoms with E-state index in [1.807, 2.05) is 137 Å². The number of thioether (sulfide) groups is 1. The van der Waals surface area contributed by atoms with Crippen LogP contribution in [-0.4, -0.2) is 94.1 Å². The van der Waals surface area contributed by atoms with Crippen LogP contribution in [0.25, 0.3) is 45.6 Å². The summed E-state index contributed by atoms with van der Waals surface area (Å²) in [7, 11) is 0. The molecule has 3 atom stereocenters. The minimum absolute atomic E-state index is 0.126. The van der Waals surface area contributed by atoms with Crippen molar-refractivity contribution in [3.63, 3.8) is 0 Å². The molecule has 9 heterocycles. The fraction of sp³-hybridized carbons (Fsp3) is 0.349. The van der Waals surface area contributed by atoms with Gasteiger partial charge in [-0.15, -0.1) is 11.8 Å². The summed E-state index contributed by atoms with van der Waals surface area (Å²) in [5.41, 5.74) is 20.1. The first kappa shape index (κ1) is 62.8. The third kappa shape index (κ3) is 23.3. The Hall–Kier alpha value is -8.42. The second-order valence-corrected chi connectivity index (χ2v) is 21.6. The quantitative estimate of drug-likeness (QED) is 0.0500. The Morgan fingerprint density at radius 1 is 0.451 bits per heavy atom. The highest BCUT2D eigenvalue weighted by molar-refractivity contribution is 7.98. The first-order valence-corrected chi connectivity index (χ1v) is 28.9. The predicted molar refractivity (Wildman–Crippen MR) is 324 cm³/mol. The number of nitrogens with zero attached hydrogens (tertiary/aromatic N) is 14. The zero-order chi connectivity index (χ0) is 58.4. The van der Waals surface area contributed by atoms with Crippen molar-refractivity contribution in [3.05, 3.63) is 182 Å². The second kappa shape index (κ2) is 34.0. The van der Waals surface area contributed by atoms with Gasteiger partial charge in [0.25, 0.3) is 0 Å². The molecule has 0 aliphatic carbocycles. The lowest BCUT2D eigenvalue weighted by Gasteiger charge is -2.20. The molecule has 9 aromatic rings. The molecule has 0 saturated carbocycles. The zero-order valence-electron chi connectivity index (χ0n) is 48.2. The van der Waals surface area contributed by atoms with Crippen molar-refractivity contribution >= 4 is 23.5 Å². The van der Waals surface area contributed by atoms with E-state index in [1.165, 1.54) is 6.20 Å². The molecule has 9 aromatic heterocycles. The third-order valence-electron chi connectivity index (χ3n) is 12.6. The van der Waals surface area contributed by atoms with Gasteiger partial charge in [-0.05, 0) is 151 Å². The Labute approximate surface area is 486 Å². The van der Waals surface area contributed by atoms with Gasteiger partial charge >= 0.3 is 5.97 Å². The van der Waals surface area contributed by atoms with Crippen LogP contribution >= 0.6 is 11.8 Å². The first-order valence-electron chi connectivity index (χ1n) is 27.7. The number of hydrogen-bond acceptors (Lipinski definition) is 19. The SMILES string of the molecule is CC(CCC(=O)OC(C)(C)C)CCc1cnc(-c2ccccn2)cn1.CC(CN)CCc1cnc(-c2ccccn2)cn1.CSc1cnc(CCC(C)CCc2cnc(-c3ccccn3)cn2)nc1.Nc1cnc(-c2ccccn2)cn1. The summed E-state index contributed by atoms with van der Waals surface area (Å²) in [5.74, 6) is 2.77. The number of anilines is 1. The van der Waals surface area contributed by atoms with Gasteiger partial charge in [0.05, 0.1) is 70.8 Å². The lowest BCUT2D eigenvalue weighted by molar-refractivity contribution is -0.155. The predicted octanol–water partition coefficient (Wildman–Crippen LogP) is 11.7. The van der Waals surface area contributed by atoms with Gasteiger partial charge < -0.3 is 16.2 Å². The van der Waals surface area contributed by atoms with Crippen LogP contribution in [0, 0.1) is 17.8 Å². The molecule has 0 aliphatic heterocycles. The molecule has 4 N–H and O–H groups in total. The number of hydrogen-bond donors (Lipinski definition) is 2. The number of ether oxygens (including phenoxy) is 1. The molecule has 0 amide bonds. The molecule has 0 bridgehead atoms. The Morgan fingerprint density at radius 3 is 1.16 bits per heavy atom. The Bertz CT molecular complexity index is 3170. The molecule has 0 aromatic carbocycles. The van der Waals surface area contributed by atoms with Crippen molar-refractivity contribution < 1.29 is 9.53 Å². The molecule has 0 saturated heterocycles. The zero-order valence-corrected chi connectivity index (χ0v) is 49.0. The monoisotopic (exact) mass is 1120 g/mol. The van der Waals surface area contributed by atoms with Crippen LogP contribution in [0.5, 0.6) is 0 Å². The summed E-state index contributed by atoms with van der Waals surface area (Å²) >= 11 is 1.67. The highest BCUT2D eigenvalue weighted by atomic mass is 32.2. The van der Waals surface area contributed by atoms with Gasteiger partial charge in [0, 0.05) is 73.5 Å². The summed E-state index contributed by atoms with van der Waals surface area (Å²) in [4.78, 5) is 73.4. The number of nitrogen functional groups attached to an aromatic ring is 1. The highest BCUT2D eigenvalue weighted by Crippen LogP contribution is 2.20. The Morgan fingerprint density at radius 2 is 0.829 bits per heavy atom. The largest absolute Gasteiger partial charge is 0.460 e. The number of carbonyl (C=O) groups is 1. The number of pyridine rings is 4. The van der Waals surface area contributed by atoms with Crippen LogP contribution in [0.15, 0.2) is 164 Å². The molecule has 3 unspecified atom stereocenters. The van der Waals surface area contributed by atoms with Gasteiger partial charge in [0.2, 0.25) is 0 Å². The van der Waals surface area contributed by atoms with Gasteiger partial charge in [0.15, 0.2) is 0 Å². The molecular formula is C63H76N16O2S. The normalized spacial score (nSPS) is 12.0. The van der Waals surface area contributed by atoms with E-state index in [9.17, 15) is 4.79 Å². The smallest absolute Gasteiger partial charge is 0.306 e. The van der Waals surface area contributed by atoms with Crippen LogP contribution < -0.4 is 11.5 Å². The number of esters is 1. The summed E-state index contributed by atoms with van der Waals surface area (Å²) in [6, 6.07) is 22.9. The molecule has 0 aliphatic rings. The van der Waals surface area contributed by atoms with E-state index in [4.69, 9.17) is 16.2 Å². The van der Waals surface area contributed by atoms with E-state index in [0.717, 1.165) is 138 Å². The first-order chi connectivity index (χ1) is 39.7. The maximum absolute atomic E-state index is 11.8. The molecule has 82 heavy (non-hydrogen) atoms. The number of aromatic nitrogens is 14. The highest BCUT2D eigenvalue weighted by Gasteiger charge is 2.17. The number of nitrogens with two attached hydrogens (primary N) is 2. The molecule has 18 nitrogen and oxygen atoms in total. The average Bonchev–Trinajstić information content (AvgIpc) is 3.58. The fourth-order valence-electron chi connectivity index (χ4n) is 7.67. The summed E-state index contributed by atoms with van der Waals surface area (Å²) in [5, 5.41) is 0. The fourth-order valence-corrected chi connectivity index (χ4v) is 7.99. The van der Waals surface area contributed by atoms with E-state index < -0.39 is 5.60 Å². The van der Waals surface area contributed by atoms with Gasteiger partial charge in [-0.3, -0.25) is 54.6 Å². The van der Waals surface area contributed by atoms with Gasteiger partial charge in [-0.1, -0.05) is 45.0 Å².